The molecule has 0 saturated carbocycles. The molecule has 0 aliphatic heterocycles. The molecule has 3 aromatic rings. The second kappa shape index (κ2) is 7.95. The van der Waals surface area contributed by atoms with Gasteiger partial charge in [-0.1, -0.05) is 31.9 Å². The van der Waals surface area contributed by atoms with E-state index in [2.05, 4.69) is 12.0 Å². The van der Waals surface area contributed by atoms with Gasteiger partial charge in [0.05, 0.1) is 17.8 Å². The number of aryl methyl sites for hydroxylation is 1. The molecule has 0 bridgehead atoms. The largest absolute Gasteiger partial charge is 0.508 e. The number of nitrogens with zero attached hydrogens (tertiary/aromatic N) is 2. The summed E-state index contributed by atoms with van der Waals surface area (Å²) in [7, 11) is 0. The van der Waals surface area contributed by atoms with E-state index in [1.54, 1.807) is 41.2 Å². The summed E-state index contributed by atoms with van der Waals surface area (Å²) in [4.78, 5) is 0. The van der Waals surface area contributed by atoms with E-state index < -0.39 is 0 Å². The molecule has 0 saturated heterocycles. The van der Waals surface area contributed by atoms with Crippen molar-refractivity contribution in [2.24, 2.45) is 0 Å². The van der Waals surface area contributed by atoms with Crippen molar-refractivity contribution in [3.05, 3.63) is 59.8 Å². The smallest absolute Gasteiger partial charge is 0.128 e. The maximum absolute atomic E-state index is 10.5. The topological polar surface area (TPSA) is 78.5 Å². The fourth-order valence-corrected chi connectivity index (χ4v) is 3.10. The van der Waals surface area contributed by atoms with E-state index in [1.807, 2.05) is 12.1 Å². The minimum atomic E-state index is 0.0592. The van der Waals surface area contributed by atoms with Gasteiger partial charge in [0, 0.05) is 6.20 Å². The van der Waals surface area contributed by atoms with E-state index in [0.29, 0.717) is 17.8 Å². The van der Waals surface area contributed by atoms with Gasteiger partial charge >= 0.3 is 0 Å². The Kier molecular flexibility index (Phi) is 5.46. The van der Waals surface area contributed by atoms with Crippen molar-refractivity contribution in [1.29, 1.82) is 0 Å². The lowest BCUT2D eigenvalue weighted by Gasteiger charge is -2.13. The molecule has 0 radical (unpaired) electrons. The molecule has 1 aromatic heterocycles. The van der Waals surface area contributed by atoms with Crippen LogP contribution in [0.4, 0.5) is 0 Å². The number of benzene rings is 2. The minimum Gasteiger partial charge on any atom is -0.508 e. The first kappa shape index (κ1) is 17.9. The van der Waals surface area contributed by atoms with E-state index in [1.165, 1.54) is 0 Å². The highest BCUT2D eigenvalue weighted by atomic mass is 16.3. The Bertz CT molecular complexity index is 846. The number of unbranched alkanes of at least 4 members (excludes halogenated alkanes) is 2. The highest BCUT2D eigenvalue weighted by Crippen LogP contribution is 2.38. The maximum atomic E-state index is 10.5. The number of phenols is 3. The van der Waals surface area contributed by atoms with Crippen LogP contribution in [0.3, 0.4) is 0 Å². The van der Waals surface area contributed by atoms with Crippen LogP contribution in [0.25, 0.3) is 11.3 Å². The van der Waals surface area contributed by atoms with Crippen LogP contribution in [0.1, 0.15) is 37.3 Å². The molecular weight excluding hydrogens is 328 g/mol. The van der Waals surface area contributed by atoms with Crippen LogP contribution in [0, 0.1) is 0 Å². The summed E-state index contributed by atoms with van der Waals surface area (Å²) in [5.74, 6) is 0.330. The van der Waals surface area contributed by atoms with Crippen LogP contribution in [0.2, 0.25) is 0 Å². The van der Waals surface area contributed by atoms with Crippen molar-refractivity contribution in [2.75, 3.05) is 0 Å². The van der Waals surface area contributed by atoms with Crippen LogP contribution in [-0.4, -0.2) is 25.1 Å². The number of hydrogen-bond donors (Lipinski definition) is 3. The minimum absolute atomic E-state index is 0.0592. The maximum Gasteiger partial charge on any atom is 0.128 e. The Morgan fingerprint density at radius 1 is 0.885 bits per heavy atom. The summed E-state index contributed by atoms with van der Waals surface area (Å²) in [5, 5.41) is 34.7. The molecule has 136 valence electrons. The van der Waals surface area contributed by atoms with Crippen molar-refractivity contribution >= 4 is 0 Å². The first-order chi connectivity index (χ1) is 12.6. The molecule has 0 aliphatic carbocycles. The monoisotopic (exact) mass is 352 g/mol. The molecular formula is C21H24N2O3. The van der Waals surface area contributed by atoms with Crippen LogP contribution in [0.5, 0.6) is 17.2 Å². The van der Waals surface area contributed by atoms with Crippen LogP contribution >= 0.6 is 0 Å². The second-order valence-corrected chi connectivity index (χ2v) is 6.51. The number of rotatable bonds is 7. The molecule has 2 aromatic carbocycles. The van der Waals surface area contributed by atoms with Crippen molar-refractivity contribution < 1.29 is 15.3 Å². The van der Waals surface area contributed by atoms with Crippen LogP contribution < -0.4 is 0 Å². The van der Waals surface area contributed by atoms with Crippen molar-refractivity contribution in [1.82, 2.24) is 9.78 Å². The molecule has 0 aliphatic rings. The van der Waals surface area contributed by atoms with Gasteiger partial charge in [0.15, 0.2) is 0 Å². The first-order valence-electron chi connectivity index (χ1n) is 8.93. The summed E-state index contributed by atoms with van der Waals surface area (Å²) in [6.45, 7) is 2.62. The number of aromatic nitrogens is 2. The summed E-state index contributed by atoms with van der Waals surface area (Å²) in [6, 6.07) is 12.1. The molecule has 0 amide bonds. The number of phenolic OH excluding ortho intramolecular Hbond substituents is 3. The average molecular weight is 352 g/mol. The van der Waals surface area contributed by atoms with Crippen molar-refractivity contribution in [2.45, 2.75) is 39.2 Å². The standard InChI is InChI=1S/C21H24N2O3/c1-2-3-4-5-16-12-19(25)21(20(26)13-16)18-10-11-22-23(18)14-15-6-8-17(24)9-7-15/h6-13,24-26H,2-5,14H2,1H3. The average Bonchev–Trinajstić information content (AvgIpc) is 3.04. The van der Waals surface area contributed by atoms with Gasteiger partial charge in [0.1, 0.15) is 17.2 Å². The predicted octanol–water partition coefficient (Wildman–Crippen LogP) is 4.45. The molecule has 0 spiro atoms. The van der Waals surface area contributed by atoms with E-state index in [9.17, 15) is 15.3 Å². The molecule has 3 rings (SSSR count). The molecule has 0 atom stereocenters. The van der Waals surface area contributed by atoms with Gasteiger partial charge in [-0.2, -0.15) is 5.10 Å². The normalized spacial score (nSPS) is 11.0. The lowest BCUT2D eigenvalue weighted by molar-refractivity contribution is 0.451. The molecule has 5 heteroatoms. The molecule has 26 heavy (non-hydrogen) atoms. The van der Waals surface area contributed by atoms with E-state index in [-0.39, 0.29) is 17.2 Å². The van der Waals surface area contributed by atoms with Crippen molar-refractivity contribution in [3.8, 4) is 28.5 Å². The highest BCUT2D eigenvalue weighted by Gasteiger charge is 2.16. The molecule has 0 fully saturated rings. The van der Waals surface area contributed by atoms with Gasteiger partial charge in [0.2, 0.25) is 0 Å². The summed E-state index contributed by atoms with van der Waals surface area (Å²) in [6.07, 6.45) is 5.77. The molecule has 3 N–H and O–H groups in total. The SMILES string of the molecule is CCCCCc1cc(O)c(-c2ccnn2Cc2ccc(O)cc2)c(O)c1. The van der Waals surface area contributed by atoms with Gasteiger partial charge in [-0.25, -0.2) is 0 Å². The van der Waals surface area contributed by atoms with E-state index in [0.717, 1.165) is 36.8 Å². The van der Waals surface area contributed by atoms with Crippen LogP contribution in [-0.2, 0) is 13.0 Å². The van der Waals surface area contributed by atoms with Gasteiger partial charge in [0.25, 0.3) is 0 Å². The summed E-state index contributed by atoms with van der Waals surface area (Å²) < 4.78 is 1.72. The van der Waals surface area contributed by atoms with E-state index in [4.69, 9.17) is 0 Å². The van der Waals surface area contributed by atoms with Gasteiger partial charge in [-0.05, 0) is 54.3 Å². The third-order valence-corrected chi connectivity index (χ3v) is 4.47. The fraction of sp³-hybridized carbons (Fsp3) is 0.286. The second-order valence-electron chi connectivity index (χ2n) is 6.51. The van der Waals surface area contributed by atoms with Gasteiger partial charge in [-0.15, -0.1) is 0 Å². The Balaban J connectivity index is 1.87. The zero-order valence-corrected chi connectivity index (χ0v) is 14.9. The summed E-state index contributed by atoms with van der Waals surface area (Å²) >= 11 is 0. The lowest BCUT2D eigenvalue weighted by Crippen LogP contribution is -2.04. The zero-order valence-electron chi connectivity index (χ0n) is 14.9. The quantitative estimate of drug-likeness (QED) is 0.549. The molecule has 5 nitrogen and oxygen atoms in total. The Morgan fingerprint density at radius 2 is 1.58 bits per heavy atom. The lowest BCUT2D eigenvalue weighted by atomic mass is 10.0. The highest BCUT2D eigenvalue weighted by molar-refractivity contribution is 5.74. The third kappa shape index (κ3) is 3.99. The first-order valence-corrected chi connectivity index (χ1v) is 8.93. The molecule has 1 heterocycles. The fourth-order valence-electron chi connectivity index (χ4n) is 3.10. The zero-order chi connectivity index (χ0) is 18.5. The Hall–Kier alpha value is -2.95. The van der Waals surface area contributed by atoms with Crippen molar-refractivity contribution in [3.63, 3.8) is 0 Å². The van der Waals surface area contributed by atoms with Gasteiger partial charge in [-0.3, -0.25) is 4.68 Å². The summed E-state index contributed by atoms with van der Waals surface area (Å²) in [5.41, 5.74) is 2.93. The Morgan fingerprint density at radius 3 is 2.23 bits per heavy atom. The molecule has 0 unspecified atom stereocenters. The van der Waals surface area contributed by atoms with E-state index >= 15 is 0 Å². The van der Waals surface area contributed by atoms with Gasteiger partial charge < -0.3 is 15.3 Å². The third-order valence-electron chi connectivity index (χ3n) is 4.47. The predicted molar refractivity (Wildman–Crippen MR) is 101 cm³/mol. The van der Waals surface area contributed by atoms with Crippen LogP contribution in [0.15, 0.2) is 48.7 Å². The Labute approximate surface area is 153 Å². The number of hydrogen-bond acceptors (Lipinski definition) is 4. The number of aromatic hydroxyl groups is 3.